The summed E-state index contributed by atoms with van der Waals surface area (Å²) in [4.78, 5) is 10.7. The largest absolute Gasteiger partial charge is 0.481 e. The first kappa shape index (κ1) is 11.5. The highest BCUT2D eigenvalue weighted by Crippen LogP contribution is 2.52. The van der Waals surface area contributed by atoms with E-state index in [2.05, 4.69) is 15.9 Å². The fraction of sp³-hybridized carbons (Fsp3) is 0.364. The Kier molecular flexibility index (Phi) is 2.74. The maximum atomic E-state index is 13.6. The van der Waals surface area contributed by atoms with Crippen LogP contribution in [0, 0.1) is 11.6 Å². The topological polar surface area (TPSA) is 37.3 Å². The molecule has 0 heterocycles. The normalized spacial score (nSPS) is 17.2. The molecular weight excluding hydrogens is 282 g/mol. The number of hydrogen-bond acceptors (Lipinski definition) is 1. The monoisotopic (exact) mass is 290 g/mol. The Hall–Kier alpha value is -0.970. The van der Waals surface area contributed by atoms with Gasteiger partial charge in [0.25, 0.3) is 0 Å². The summed E-state index contributed by atoms with van der Waals surface area (Å²) in [6, 6.07) is 2.33. The molecule has 1 aliphatic carbocycles. The van der Waals surface area contributed by atoms with Gasteiger partial charge in [-0.25, -0.2) is 8.78 Å². The van der Waals surface area contributed by atoms with Gasteiger partial charge in [-0.1, -0.05) is 15.9 Å². The molecule has 0 bridgehead atoms. The molecule has 0 atom stereocenters. The minimum absolute atomic E-state index is 0.0851. The average Bonchev–Trinajstić information content (AvgIpc) is 2.81. The lowest BCUT2D eigenvalue weighted by Gasteiger charge is -2.15. The molecule has 5 heteroatoms. The molecule has 0 radical (unpaired) electrons. The van der Waals surface area contributed by atoms with E-state index in [4.69, 9.17) is 5.11 Å². The quantitative estimate of drug-likeness (QED) is 0.928. The van der Waals surface area contributed by atoms with Crippen molar-refractivity contribution in [1.29, 1.82) is 0 Å². The predicted octanol–water partition coefficient (Wildman–Crippen LogP) is 3.23. The highest BCUT2D eigenvalue weighted by Gasteiger charge is 2.49. The molecule has 0 spiro atoms. The molecule has 1 aromatic carbocycles. The molecule has 0 aromatic heterocycles. The van der Waals surface area contributed by atoms with Crippen LogP contribution in [0.25, 0.3) is 0 Å². The van der Waals surface area contributed by atoms with Gasteiger partial charge in [-0.05, 0) is 25.0 Å². The second kappa shape index (κ2) is 3.80. The lowest BCUT2D eigenvalue weighted by Crippen LogP contribution is -2.16. The van der Waals surface area contributed by atoms with Gasteiger partial charge in [0, 0.05) is 15.5 Å². The molecule has 1 N–H and O–H groups in total. The number of benzene rings is 1. The number of rotatable bonds is 3. The summed E-state index contributed by atoms with van der Waals surface area (Å²) in [6.45, 7) is 0. The van der Waals surface area contributed by atoms with Gasteiger partial charge in [0.1, 0.15) is 11.6 Å². The highest BCUT2D eigenvalue weighted by molar-refractivity contribution is 9.10. The Morgan fingerprint density at radius 2 is 1.88 bits per heavy atom. The maximum absolute atomic E-state index is 13.6. The van der Waals surface area contributed by atoms with Gasteiger partial charge < -0.3 is 5.11 Å². The SMILES string of the molecule is O=C(O)CC1(c2c(F)cc(Br)cc2F)CC1. The van der Waals surface area contributed by atoms with Crippen LogP contribution in [0.15, 0.2) is 16.6 Å². The first-order chi connectivity index (χ1) is 7.44. The van der Waals surface area contributed by atoms with Crippen molar-refractivity contribution in [2.45, 2.75) is 24.7 Å². The molecule has 0 amide bonds. The maximum Gasteiger partial charge on any atom is 0.304 e. The molecule has 1 aliphatic rings. The zero-order valence-electron chi connectivity index (χ0n) is 8.27. The third-order valence-electron chi connectivity index (χ3n) is 2.88. The third kappa shape index (κ3) is 1.96. The van der Waals surface area contributed by atoms with Crippen LogP contribution in [-0.4, -0.2) is 11.1 Å². The van der Waals surface area contributed by atoms with E-state index in [-0.39, 0.29) is 12.0 Å². The zero-order valence-corrected chi connectivity index (χ0v) is 9.85. The first-order valence-electron chi connectivity index (χ1n) is 4.81. The summed E-state index contributed by atoms with van der Waals surface area (Å²) >= 11 is 2.99. The molecule has 86 valence electrons. The van der Waals surface area contributed by atoms with Gasteiger partial charge in [0.2, 0.25) is 0 Å². The Morgan fingerprint density at radius 3 is 2.25 bits per heavy atom. The van der Waals surface area contributed by atoms with E-state index < -0.39 is 23.0 Å². The molecule has 2 nitrogen and oxygen atoms in total. The molecule has 1 saturated carbocycles. The van der Waals surface area contributed by atoms with Crippen LogP contribution < -0.4 is 0 Å². The standard InChI is InChI=1S/C11H9BrF2O2/c12-6-3-7(13)10(8(14)4-6)11(1-2-11)5-9(15)16/h3-4H,1-2,5H2,(H,15,16). The Balaban J connectivity index is 2.44. The van der Waals surface area contributed by atoms with E-state index in [9.17, 15) is 13.6 Å². The van der Waals surface area contributed by atoms with Gasteiger partial charge in [-0.3, -0.25) is 4.79 Å². The van der Waals surface area contributed by atoms with Crippen molar-refractivity contribution >= 4 is 21.9 Å². The number of aliphatic carboxylic acids is 1. The van der Waals surface area contributed by atoms with Crippen molar-refractivity contribution in [3.05, 3.63) is 33.8 Å². The summed E-state index contributed by atoms with van der Waals surface area (Å²) in [5, 5.41) is 8.73. The van der Waals surface area contributed by atoms with E-state index in [0.717, 1.165) is 0 Å². The summed E-state index contributed by atoms with van der Waals surface area (Å²) in [5.74, 6) is -2.38. The van der Waals surface area contributed by atoms with Crippen LogP contribution in [0.3, 0.4) is 0 Å². The fourth-order valence-electron chi connectivity index (χ4n) is 2.00. The smallest absolute Gasteiger partial charge is 0.304 e. The second-order valence-corrected chi connectivity index (χ2v) is 5.01. The van der Waals surface area contributed by atoms with Crippen LogP contribution in [0.5, 0.6) is 0 Å². The van der Waals surface area contributed by atoms with Gasteiger partial charge >= 0.3 is 5.97 Å². The van der Waals surface area contributed by atoms with Crippen molar-refractivity contribution in [1.82, 2.24) is 0 Å². The van der Waals surface area contributed by atoms with Gasteiger partial charge in [0.15, 0.2) is 0 Å². The number of halogens is 3. The fourth-order valence-corrected chi connectivity index (χ4v) is 2.41. The van der Waals surface area contributed by atoms with E-state index in [0.29, 0.717) is 17.3 Å². The summed E-state index contributed by atoms with van der Waals surface area (Å²) < 4.78 is 27.6. The molecule has 1 fully saturated rings. The van der Waals surface area contributed by atoms with E-state index in [1.54, 1.807) is 0 Å². The first-order valence-corrected chi connectivity index (χ1v) is 5.61. The zero-order chi connectivity index (χ0) is 11.9. The molecule has 2 rings (SSSR count). The highest BCUT2D eigenvalue weighted by atomic mass is 79.9. The van der Waals surface area contributed by atoms with Crippen molar-refractivity contribution < 1.29 is 18.7 Å². The molecule has 0 saturated heterocycles. The Labute approximate surface area is 99.4 Å². The Morgan fingerprint density at radius 1 is 1.38 bits per heavy atom. The third-order valence-corrected chi connectivity index (χ3v) is 3.34. The summed E-state index contributed by atoms with van der Waals surface area (Å²) in [5.41, 5.74) is -0.918. The van der Waals surface area contributed by atoms with Crippen molar-refractivity contribution in [2.75, 3.05) is 0 Å². The van der Waals surface area contributed by atoms with Crippen molar-refractivity contribution in [2.24, 2.45) is 0 Å². The van der Waals surface area contributed by atoms with Gasteiger partial charge in [-0.15, -0.1) is 0 Å². The lowest BCUT2D eigenvalue weighted by molar-refractivity contribution is -0.137. The van der Waals surface area contributed by atoms with Crippen LogP contribution in [0.1, 0.15) is 24.8 Å². The van der Waals surface area contributed by atoms with Crippen LogP contribution in [0.4, 0.5) is 8.78 Å². The molecule has 0 aliphatic heterocycles. The van der Waals surface area contributed by atoms with E-state index in [1.165, 1.54) is 12.1 Å². The van der Waals surface area contributed by atoms with Crippen LogP contribution in [0.2, 0.25) is 0 Å². The number of hydrogen-bond donors (Lipinski definition) is 1. The van der Waals surface area contributed by atoms with E-state index >= 15 is 0 Å². The summed E-state index contributed by atoms with van der Waals surface area (Å²) in [6.07, 6.45) is 0.825. The summed E-state index contributed by atoms with van der Waals surface area (Å²) in [7, 11) is 0. The van der Waals surface area contributed by atoms with Crippen molar-refractivity contribution in [3.63, 3.8) is 0 Å². The second-order valence-electron chi connectivity index (χ2n) is 4.10. The minimum Gasteiger partial charge on any atom is -0.481 e. The molecule has 0 unspecified atom stereocenters. The average molecular weight is 291 g/mol. The van der Waals surface area contributed by atoms with Crippen LogP contribution >= 0.6 is 15.9 Å². The predicted molar refractivity (Wildman–Crippen MR) is 57.2 cm³/mol. The van der Waals surface area contributed by atoms with E-state index in [1.807, 2.05) is 0 Å². The van der Waals surface area contributed by atoms with Gasteiger partial charge in [0.05, 0.1) is 6.42 Å². The number of carboxylic acids is 1. The van der Waals surface area contributed by atoms with Crippen molar-refractivity contribution in [3.8, 4) is 0 Å². The molecule has 16 heavy (non-hydrogen) atoms. The Bertz CT molecular complexity index is 432. The number of carboxylic acid groups (broad SMARTS) is 1. The number of carbonyl (C=O) groups is 1. The molecular formula is C11H9BrF2O2. The lowest BCUT2D eigenvalue weighted by atomic mass is 9.91. The van der Waals surface area contributed by atoms with Crippen LogP contribution in [-0.2, 0) is 10.2 Å². The minimum atomic E-state index is -1.03. The molecule has 1 aromatic rings. The van der Waals surface area contributed by atoms with Gasteiger partial charge in [-0.2, -0.15) is 0 Å².